The van der Waals surface area contributed by atoms with Crippen LogP contribution >= 0.6 is 0 Å². The van der Waals surface area contributed by atoms with E-state index in [0.717, 1.165) is 18.2 Å². The number of anilines is 2. The molecule has 2 atom stereocenters. The van der Waals surface area contributed by atoms with Gasteiger partial charge in [-0.05, 0) is 31.2 Å². The Hall–Kier alpha value is -4.64. The molecule has 0 unspecified atom stereocenters. The third-order valence-corrected chi connectivity index (χ3v) is 6.38. The fourth-order valence-corrected chi connectivity index (χ4v) is 4.84. The molecule has 9 nitrogen and oxygen atoms in total. The van der Waals surface area contributed by atoms with Crippen LogP contribution < -0.4 is 16.2 Å². The summed E-state index contributed by atoms with van der Waals surface area (Å²) < 4.78 is 70.8. The fraction of sp³-hybridized carbons (Fsp3) is 0.240. The molecule has 1 aliphatic heterocycles. The van der Waals surface area contributed by atoms with E-state index in [2.05, 4.69) is 15.0 Å². The van der Waals surface area contributed by atoms with E-state index in [4.69, 9.17) is 5.73 Å². The molecule has 2 aromatic carbocycles. The molecule has 0 saturated carbocycles. The van der Waals surface area contributed by atoms with Gasteiger partial charge in [-0.1, -0.05) is 6.07 Å². The Balaban J connectivity index is 1.86. The molecule has 0 aliphatic carbocycles. The van der Waals surface area contributed by atoms with Crippen LogP contribution in [0.1, 0.15) is 35.1 Å². The predicted molar refractivity (Wildman–Crippen MR) is 129 cm³/mol. The van der Waals surface area contributed by atoms with Crippen molar-refractivity contribution in [2.45, 2.75) is 31.7 Å². The largest absolute Gasteiger partial charge is 0.417 e. The van der Waals surface area contributed by atoms with E-state index in [-0.39, 0.29) is 47.3 Å². The van der Waals surface area contributed by atoms with Crippen molar-refractivity contribution in [2.24, 2.45) is 0 Å². The van der Waals surface area contributed by atoms with E-state index in [1.807, 2.05) is 6.07 Å². The first-order valence-corrected chi connectivity index (χ1v) is 11.5. The van der Waals surface area contributed by atoms with Gasteiger partial charge in [0.15, 0.2) is 5.82 Å². The zero-order chi connectivity index (χ0) is 28.2. The van der Waals surface area contributed by atoms with E-state index in [0.29, 0.717) is 16.7 Å². The summed E-state index contributed by atoms with van der Waals surface area (Å²) in [6.07, 6.45) is -6.09. The average molecular weight is 543 g/mol. The molecule has 200 valence electrons. The van der Waals surface area contributed by atoms with Crippen LogP contribution in [0.3, 0.4) is 0 Å². The highest BCUT2D eigenvalue weighted by atomic mass is 19.4. The van der Waals surface area contributed by atoms with Crippen LogP contribution in [-0.2, 0) is 6.18 Å². The normalized spacial score (nSPS) is 17.5. The molecule has 39 heavy (non-hydrogen) atoms. The number of nitriles is 1. The Morgan fingerprint density at radius 1 is 1.13 bits per heavy atom. The van der Waals surface area contributed by atoms with Crippen LogP contribution in [0.4, 0.5) is 33.7 Å². The summed E-state index contributed by atoms with van der Waals surface area (Å²) in [5, 5.41) is 19.5. The van der Waals surface area contributed by atoms with Crippen molar-refractivity contribution in [3.63, 3.8) is 0 Å². The van der Waals surface area contributed by atoms with E-state index >= 15 is 0 Å². The molecule has 3 heterocycles. The Labute approximate surface area is 216 Å². The van der Waals surface area contributed by atoms with Gasteiger partial charge < -0.3 is 15.7 Å². The van der Waals surface area contributed by atoms with Crippen LogP contribution in [-0.4, -0.2) is 37.3 Å². The molecule has 14 heteroatoms. The minimum Gasteiger partial charge on any atom is -0.391 e. The van der Waals surface area contributed by atoms with Crippen LogP contribution in [0.5, 0.6) is 0 Å². The topological polar surface area (TPSA) is 134 Å². The molecule has 1 fully saturated rings. The highest BCUT2D eigenvalue weighted by molar-refractivity contribution is 5.82. The molecule has 0 amide bonds. The Bertz CT molecular complexity index is 1710. The lowest BCUT2D eigenvalue weighted by molar-refractivity contribution is -0.136. The molecule has 3 N–H and O–H groups in total. The lowest BCUT2D eigenvalue weighted by Crippen LogP contribution is -2.33. The van der Waals surface area contributed by atoms with Crippen molar-refractivity contribution >= 4 is 22.7 Å². The summed E-state index contributed by atoms with van der Waals surface area (Å²) in [6, 6.07) is 5.99. The molecule has 0 bridgehead atoms. The lowest BCUT2D eigenvalue weighted by atomic mass is 10.1. The molecule has 2 aromatic heterocycles. The van der Waals surface area contributed by atoms with Gasteiger partial charge in [0.25, 0.3) is 5.56 Å². The maximum Gasteiger partial charge on any atom is 0.417 e. The van der Waals surface area contributed by atoms with Gasteiger partial charge in [-0.25, -0.2) is 18.7 Å². The second-order valence-corrected chi connectivity index (χ2v) is 8.97. The first-order valence-electron chi connectivity index (χ1n) is 11.5. The molecule has 0 spiro atoms. The molecular formula is C25H18F5N7O2. The van der Waals surface area contributed by atoms with Gasteiger partial charge in [-0.2, -0.15) is 23.4 Å². The number of aryl methyl sites for hydroxylation is 1. The third-order valence-electron chi connectivity index (χ3n) is 6.38. The van der Waals surface area contributed by atoms with Crippen LogP contribution in [0.2, 0.25) is 0 Å². The Morgan fingerprint density at radius 3 is 2.46 bits per heavy atom. The minimum atomic E-state index is -4.93. The first-order chi connectivity index (χ1) is 18.4. The van der Waals surface area contributed by atoms with Gasteiger partial charge >= 0.3 is 6.18 Å². The van der Waals surface area contributed by atoms with Crippen LogP contribution in [0, 0.1) is 29.9 Å². The molecule has 1 aliphatic rings. The third kappa shape index (κ3) is 4.50. The standard InChI is InChI=1S/C25H18F5N7O2/c1-11-16(9-31)21(35-24(32)33-11)36-10-15(38)8-19(36)22-34-18-4-2-3-17(25(28,29)30)20(18)23(39)37(22)14-6-12(26)5-13(27)7-14/h2-7,15,19,38H,8,10H2,1H3,(H2,32,33,35)/t15-,19-/m0/s1. The molecular weight excluding hydrogens is 525 g/mol. The number of halogens is 5. The molecule has 1 saturated heterocycles. The maximum absolute atomic E-state index is 14.3. The van der Waals surface area contributed by atoms with Gasteiger partial charge in [-0.15, -0.1) is 0 Å². The number of aliphatic hydroxyl groups is 1. The zero-order valence-electron chi connectivity index (χ0n) is 20.0. The number of benzene rings is 2. The van der Waals surface area contributed by atoms with Crippen molar-refractivity contribution in [3.8, 4) is 11.8 Å². The number of alkyl halides is 3. The van der Waals surface area contributed by atoms with E-state index in [9.17, 15) is 37.1 Å². The number of aliphatic hydroxyl groups excluding tert-OH is 1. The second-order valence-electron chi connectivity index (χ2n) is 8.97. The fourth-order valence-electron chi connectivity index (χ4n) is 4.84. The van der Waals surface area contributed by atoms with Gasteiger partial charge in [-0.3, -0.25) is 9.36 Å². The van der Waals surface area contributed by atoms with Crippen molar-refractivity contribution in [2.75, 3.05) is 17.2 Å². The summed E-state index contributed by atoms with van der Waals surface area (Å²) in [5.41, 5.74) is 2.79. The van der Waals surface area contributed by atoms with Gasteiger partial charge in [0, 0.05) is 19.0 Å². The summed E-state index contributed by atoms with van der Waals surface area (Å²) in [4.78, 5) is 27.6. The van der Waals surface area contributed by atoms with Crippen LogP contribution in [0.15, 0.2) is 41.2 Å². The number of nitrogen functional groups attached to an aromatic ring is 1. The summed E-state index contributed by atoms with van der Waals surface area (Å²) >= 11 is 0. The number of hydrogen-bond donors (Lipinski definition) is 2. The van der Waals surface area contributed by atoms with Crippen molar-refractivity contribution in [1.29, 1.82) is 5.26 Å². The first kappa shape index (κ1) is 26.0. The van der Waals surface area contributed by atoms with E-state index in [1.54, 1.807) is 0 Å². The highest BCUT2D eigenvalue weighted by Gasteiger charge is 2.40. The number of nitrogens with zero attached hydrogens (tertiary/aromatic N) is 6. The van der Waals surface area contributed by atoms with Crippen molar-refractivity contribution in [1.82, 2.24) is 19.5 Å². The highest BCUT2D eigenvalue weighted by Crippen LogP contribution is 2.39. The average Bonchev–Trinajstić information content (AvgIpc) is 3.23. The Kier molecular flexibility index (Phi) is 6.18. The summed E-state index contributed by atoms with van der Waals surface area (Å²) in [5.74, 6) is -2.58. The molecule has 5 rings (SSSR count). The smallest absolute Gasteiger partial charge is 0.391 e. The van der Waals surface area contributed by atoms with Gasteiger partial charge in [0.1, 0.15) is 29.1 Å². The summed E-state index contributed by atoms with van der Waals surface area (Å²) in [7, 11) is 0. The second kappa shape index (κ2) is 9.28. The SMILES string of the molecule is Cc1nc(N)nc(N2C[C@@H](O)C[C@H]2c2nc3cccc(C(F)(F)F)c3c(=O)n2-c2cc(F)cc(F)c2)c1C#N. The number of β-amino-alcohol motifs (C(OH)–C–C–N with tert-alkyl or cyclic N) is 1. The van der Waals surface area contributed by atoms with Gasteiger partial charge in [0.05, 0.1) is 40.0 Å². The summed E-state index contributed by atoms with van der Waals surface area (Å²) in [6.45, 7) is 1.39. The lowest BCUT2D eigenvalue weighted by Gasteiger charge is -2.28. The molecule has 0 radical (unpaired) electrons. The van der Waals surface area contributed by atoms with Crippen LogP contribution in [0.25, 0.3) is 16.6 Å². The quantitative estimate of drug-likeness (QED) is 0.375. The van der Waals surface area contributed by atoms with Crippen molar-refractivity contribution in [3.05, 3.63) is 81.0 Å². The Morgan fingerprint density at radius 2 is 1.82 bits per heavy atom. The molecule has 4 aromatic rings. The van der Waals surface area contributed by atoms with E-state index in [1.165, 1.54) is 17.9 Å². The minimum absolute atomic E-state index is 0.000545. The van der Waals surface area contributed by atoms with Crippen molar-refractivity contribution < 1.29 is 27.1 Å². The number of rotatable bonds is 3. The number of fused-ring (bicyclic) bond motifs is 1. The predicted octanol–water partition coefficient (Wildman–Crippen LogP) is 3.55. The number of hydrogen-bond acceptors (Lipinski definition) is 8. The number of nitrogens with two attached hydrogens (primary N) is 1. The van der Waals surface area contributed by atoms with Gasteiger partial charge in [0.2, 0.25) is 5.95 Å². The van der Waals surface area contributed by atoms with E-state index < -0.39 is 52.2 Å². The maximum atomic E-state index is 14.3. The zero-order valence-corrected chi connectivity index (χ0v) is 20.0. The number of aromatic nitrogens is 4. The monoisotopic (exact) mass is 543 g/mol.